The van der Waals surface area contributed by atoms with Crippen molar-refractivity contribution in [2.45, 2.75) is 13.8 Å². The monoisotopic (exact) mass is 306 g/mol. The van der Waals surface area contributed by atoms with Gasteiger partial charge in [0, 0.05) is 22.8 Å². The maximum atomic E-state index is 4.43. The van der Waals surface area contributed by atoms with Crippen LogP contribution >= 0.6 is 15.9 Å². The van der Waals surface area contributed by atoms with E-state index in [4.69, 9.17) is 0 Å². The van der Waals surface area contributed by atoms with Crippen LogP contribution in [0.1, 0.15) is 11.4 Å². The van der Waals surface area contributed by atoms with Crippen molar-refractivity contribution < 1.29 is 0 Å². The Bertz CT molecular complexity index is 569. The summed E-state index contributed by atoms with van der Waals surface area (Å²) < 4.78 is 1.03. The van der Waals surface area contributed by atoms with Crippen molar-refractivity contribution in [1.29, 1.82) is 0 Å². The van der Waals surface area contributed by atoms with Crippen molar-refractivity contribution in [3.05, 3.63) is 40.1 Å². The molecule has 4 nitrogen and oxygen atoms in total. The fraction of sp³-hybridized carbons (Fsp3) is 0.231. The highest BCUT2D eigenvalue weighted by Crippen LogP contribution is 2.24. The summed E-state index contributed by atoms with van der Waals surface area (Å²) in [6.07, 6.45) is 0. The van der Waals surface area contributed by atoms with E-state index in [9.17, 15) is 0 Å². The molecule has 2 rings (SSSR count). The van der Waals surface area contributed by atoms with Gasteiger partial charge >= 0.3 is 0 Å². The minimum atomic E-state index is 0.738. The Morgan fingerprint density at radius 2 is 1.83 bits per heavy atom. The van der Waals surface area contributed by atoms with Crippen LogP contribution in [0, 0.1) is 13.8 Å². The SMILES string of the molecule is CNc1nc(C)nc(Nc2cccc(Br)c2)c1C. The van der Waals surface area contributed by atoms with Gasteiger partial charge in [-0.05, 0) is 32.0 Å². The van der Waals surface area contributed by atoms with Crippen molar-refractivity contribution in [1.82, 2.24) is 9.97 Å². The Kier molecular flexibility index (Phi) is 3.81. The molecular formula is C13H15BrN4. The summed E-state index contributed by atoms with van der Waals surface area (Å²) in [6.45, 7) is 3.87. The first-order valence-electron chi connectivity index (χ1n) is 5.65. The lowest BCUT2D eigenvalue weighted by atomic mass is 10.2. The molecule has 1 aromatic heterocycles. The highest BCUT2D eigenvalue weighted by molar-refractivity contribution is 9.10. The first-order valence-corrected chi connectivity index (χ1v) is 6.45. The van der Waals surface area contributed by atoms with Crippen LogP contribution in [0.5, 0.6) is 0 Å². The third-order valence-electron chi connectivity index (χ3n) is 2.58. The average molecular weight is 307 g/mol. The molecule has 0 saturated carbocycles. The van der Waals surface area contributed by atoms with Crippen molar-refractivity contribution in [3.8, 4) is 0 Å². The van der Waals surface area contributed by atoms with E-state index >= 15 is 0 Å². The van der Waals surface area contributed by atoms with E-state index in [2.05, 4.69) is 36.5 Å². The maximum Gasteiger partial charge on any atom is 0.139 e. The number of hydrogen-bond donors (Lipinski definition) is 2. The van der Waals surface area contributed by atoms with E-state index in [1.807, 2.05) is 45.2 Å². The predicted octanol–water partition coefficient (Wildman–Crippen LogP) is 3.64. The van der Waals surface area contributed by atoms with Gasteiger partial charge in [-0.15, -0.1) is 0 Å². The second-order valence-electron chi connectivity index (χ2n) is 3.98. The molecule has 0 aliphatic heterocycles. The number of nitrogens with one attached hydrogen (secondary N) is 2. The van der Waals surface area contributed by atoms with Gasteiger partial charge in [-0.3, -0.25) is 0 Å². The van der Waals surface area contributed by atoms with Crippen molar-refractivity contribution in [2.75, 3.05) is 17.7 Å². The van der Waals surface area contributed by atoms with Crippen LogP contribution < -0.4 is 10.6 Å². The van der Waals surface area contributed by atoms with Crippen LogP contribution in [0.25, 0.3) is 0 Å². The molecule has 0 spiro atoms. The molecule has 5 heteroatoms. The Morgan fingerprint density at radius 3 is 2.50 bits per heavy atom. The Morgan fingerprint density at radius 1 is 1.11 bits per heavy atom. The number of rotatable bonds is 3. The lowest BCUT2D eigenvalue weighted by molar-refractivity contribution is 1.04. The van der Waals surface area contributed by atoms with Gasteiger partial charge in [0.2, 0.25) is 0 Å². The number of nitrogens with zero attached hydrogens (tertiary/aromatic N) is 2. The van der Waals surface area contributed by atoms with Crippen molar-refractivity contribution in [3.63, 3.8) is 0 Å². The minimum Gasteiger partial charge on any atom is -0.373 e. The van der Waals surface area contributed by atoms with Crippen LogP contribution in [0.2, 0.25) is 0 Å². The quantitative estimate of drug-likeness (QED) is 0.909. The summed E-state index contributed by atoms with van der Waals surface area (Å²) in [7, 11) is 1.86. The molecule has 0 fully saturated rings. The Hall–Kier alpha value is -1.62. The summed E-state index contributed by atoms with van der Waals surface area (Å²) in [5.41, 5.74) is 2.00. The van der Waals surface area contributed by atoms with Crippen LogP contribution in [-0.4, -0.2) is 17.0 Å². The zero-order valence-corrected chi connectivity index (χ0v) is 12.2. The smallest absolute Gasteiger partial charge is 0.139 e. The molecule has 0 unspecified atom stereocenters. The topological polar surface area (TPSA) is 49.8 Å². The van der Waals surface area contributed by atoms with Gasteiger partial charge in [0.1, 0.15) is 17.5 Å². The van der Waals surface area contributed by atoms with Gasteiger partial charge in [0.25, 0.3) is 0 Å². The lowest BCUT2D eigenvalue weighted by Crippen LogP contribution is -2.05. The fourth-order valence-electron chi connectivity index (χ4n) is 1.70. The molecule has 2 N–H and O–H groups in total. The van der Waals surface area contributed by atoms with Crippen LogP contribution in [0.4, 0.5) is 17.3 Å². The van der Waals surface area contributed by atoms with E-state index in [0.717, 1.165) is 33.2 Å². The molecule has 18 heavy (non-hydrogen) atoms. The maximum absolute atomic E-state index is 4.43. The third kappa shape index (κ3) is 2.79. The van der Waals surface area contributed by atoms with Gasteiger partial charge in [0.15, 0.2) is 0 Å². The largest absolute Gasteiger partial charge is 0.373 e. The molecule has 1 aromatic carbocycles. The average Bonchev–Trinajstić information content (AvgIpc) is 2.33. The lowest BCUT2D eigenvalue weighted by Gasteiger charge is -2.12. The van der Waals surface area contributed by atoms with E-state index in [1.165, 1.54) is 0 Å². The molecule has 0 atom stereocenters. The number of benzene rings is 1. The number of aromatic nitrogens is 2. The first kappa shape index (κ1) is 12.8. The summed E-state index contributed by atoms with van der Waals surface area (Å²) >= 11 is 3.45. The second-order valence-corrected chi connectivity index (χ2v) is 4.89. The predicted molar refractivity (Wildman–Crippen MR) is 78.5 cm³/mol. The third-order valence-corrected chi connectivity index (χ3v) is 3.08. The van der Waals surface area contributed by atoms with Crippen molar-refractivity contribution >= 4 is 33.3 Å². The number of aryl methyl sites for hydroxylation is 1. The molecule has 0 aliphatic carbocycles. The van der Waals surface area contributed by atoms with Crippen LogP contribution in [0.15, 0.2) is 28.7 Å². The first-order chi connectivity index (χ1) is 8.60. The Labute approximate surface area is 115 Å². The van der Waals surface area contributed by atoms with Gasteiger partial charge in [0.05, 0.1) is 0 Å². The molecule has 94 valence electrons. The van der Waals surface area contributed by atoms with Crippen molar-refractivity contribution in [2.24, 2.45) is 0 Å². The highest BCUT2D eigenvalue weighted by atomic mass is 79.9. The highest BCUT2D eigenvalue weighted by Gasteiger charge is 2.08. The van der Waals surface area contributed by atoms with Gasteiger partial charge < -0.3 is 10.6 Å². The molecule has 0 bridgehead atoms. The standard InChI is InChI=1S/C13H15BrN4/c1-8-12(15-3)16-9(2)17-13(8)18-11-6-4-5-10(14)7-11/h4-7H,1-3H3,(H2,15,16,17,18). The van der Waals surface area contributed by atoms with E-state index < -0.39 is 0 Å². The molecule has 2 aromatic rings. The molecule has 0 aliphatic rings. The summed E-state index contributed by atoms with van der Waals surface area (Å²) in [4.78, 5) is 8.77. The number of hydrogen-bond acceptors (Lipinski definition) is 4. The van der Waals surface area contributed by atoms with E-state index in [-0.39, 0.29) is 0 Å². The summed E-state index contributed by atoms with van der Waals surface area (Å²) in [6, 6.07) is 7.98. The zero-order valence-electron chi connectivity index (χ0n) is 10.6. The van der Waals surface area contributed by atoms with Gasteiger partial charge in [-0.1, -0.05) is 22.0 Å². The normalized spacial score (nSPS) is 10.2. The van der Waals surface area contributed by atoms with E-state index in [0.29, 0.717) is 0 Å². The molecular weight excluding hydrogens is 292 g/mol. The molecule has 0 saturated heterocycles. The van der Waals surface area contributed by atoms with E-state index in [1.54, 1.807) is 0 Å². The Balaban J connectivity index is 2.37. The number of halogens is 1. The number of anilines is 3. The second kappa shape index (κ2) is 5.35. The molecule has 1 heterocycles. The van der Waals surface area contributed by atoms with Crippen LogP contribution in [-0.2, 0) is 0 Å². The summed E-state index contributed by atoms with van der Waals surface area (Å²) in [5.74, 6) is 2.41. The van der Waals surface area contributed by atoms with Gasteiger partial charge in [-0.25, -0.2) is 9.97 Å². The minimum absolute atomic E-state index is 0.738. The zero-order chi connectivity index (χ0) is 13.1. The van der Waals surface area contributed by atoms with Gasteiger partial charge in [-0.2, -0.15) is 0 Å². The fourth-order valence-corrected chi connectivity index (χ4v) is 2.10. The molecule has 0 amide bonds. The summed E-state index contributed by atoms with van der Waals surface area (Å²) in [5, 5.41) is 6.38. The van der Waals surface area contributed by atoms with Crippen LogP contribution in [0.3, 0.4) is 0 Å². The molecule has 0 radical (unpaired) electrons.